The molecule has 1 atom stereocenters. The molecule has 1 amide bonds. The molecule has 0 spiro atoms. The minimum Gasteiger partial charge on any atom is -0.478 e. The Bertz CT molecular complexity index is 950. The number of fused-ring (bicyclic) bond motifs is 1. The van der Waals surface area contributed by atoms with E-state index < -0.39 is 22.0 Å². The first kappa shape index (κ1) is 18.8. The Morgan fingerprint density at radius 3 is 2.62 bits per heavy atom. The van der Waals surface area contributed by atoms with E-state index in [1.165, 1.54) is 10.4 Å². The SMILES string of the molecule is CS(=O)(=O)N1CCC(C(=O)Nc2ccc(Cl)c(Cl)c2)Oc2ccccc21. The monoisotopic (exact) mass is 414 g/mol. The second kappa shape index (κ2) is 7.34. The number of anilines is 2. The molecule has 9 heteroatoms. The van der Waals surface area contributed by atoms with Gasteiger partial charge in [-0.3, -0.25) is 9.10 Å². The number of benzene rings is 2. The number of amides is 1. The van der Waals surface area contributed by atoms with E-state index in [4.69, 9.17) is 27.9 Å². The minimum absolute atomic E-state index is 0.134. The van der Waals surface area contributed by atoms with Crippen molar-refractivity contribution in [3.05, 3.63) is 52.5 Å². The lowest BCUT2D eigenvalue weighted by atomic mass is 10.2. The Kier molecular flexibility index (Phi) is 5.32. The van der Waals surface area contributed by atoms with Gasteiger partial charge in [0.25, 0.3) is 5.91 Å². The number of nitrogens with one attached hydrogen (secondary N) is 1. The van der Waals surface area contributed by atoms with Crippen LogP contribution in [0, 0.1) is 0 Å². The van der Waals surface area contributed by atoms with Crippen LogP contribution < -0.4 is 14.4 Å². The molecule has 0 aromatic heterocycles. The Morgan fingerprint density at radius 1 is 1.19 bits per heavy atom. The number of halogens is 2. The van der Waals surface area contributed by atoms with Gasteiger partial charge in [-0.25, -0.2) is 8.42 Å². The van der Waals surface area contributed by atoms with Crippen LogP contribution in [0.1, 0.15) is 6.42 Å². The summed E-state index contributed by atoms with van der Waals surface area (Å²) in [5, 5.41) is 3.42. The van der Waals surface area contributed by atoms with Crippen LogP contribution in [0.15, 0.2) is 42.5 Å². The molecule has 1 unspecified atom stereocenters. The molecule has 0 fully saturated rings. The molecule has 2 aromatic rings. The Balaban J connectivity index is 1.84. The van der Waals surface area contributed by atoms with Crippen molar-refractivity contribution in [3.8, 4) is 5.75 Å². The molecule has 1 aliphatic rings. The second-order valence-corrected chi connectivity index (χ2v) is 8.54. The molecule has 26 heavy (non-hydrogen) atoms. The van der Waals surface area contributed by atoms with E-state index in [0.29, 0.717) is 27.2 Å². The number of carbonyl (C=O) groups excluding carboxylic acids is 1. The lowest BCUT2D eigenvalue weighted by Gasteiger charge is -2.20. The average Bonchev–Trinajstić information content (AvgIpc) is 2.77. The first-order valence-electron chi connectivity index (χ1n) is 7.75. The van der Waals surface area contributed by atoms with Crippen LogP contribution in [-0.2, 0) is 14.8 Å². The first-order chi connectivity index (χ1) is 12.3. The molecule has 1 aliphatic heterocycles. The Labute approximate surface area is 161 Å². The maximum absolute atomic E-state index is 12.6. The Hall–Kier alpha value is -1.96. The molecule has 2 aromatic carbocycles. The molecule has 138 valence electrons. The molecule has 0 radical (unpaired) electrons. The van der Waals surface area contributed by atoms with Crippen molar-refractivity contribution in [2.75, 3.05) is 22.4 Å². The van der Waals surface area contributed by atoms with Gasteiger partial charge in [0.15, 0.2) is 6.10 Å². The maximum atomic E-state index is 12.6. The highest BCUT2D eigenvalue weighted by molar-refractivity contribution is 7.92. The molecule has 0 saturated carbocycles. The predicted molar refractivity (Wildman–Crippen MR) is 103 cm³/mol. The quantitative estimate of drug-likeness (QED) is 0.832. The van der Waals surface area contributed by atoms with Crippen molar-refractivity contribution < 1.29 is 17.9 Å². The third-order valence-corrected chi connectivity index (χ3v) is 5.80. The largest absolute Gasteiger partial charge is 0.478 e. The Morgan fingerprint density at radius 2 is 1.92 bits per heavy atom. The van der Waals surface area contributed by atoms with E-state index in [9.17, 15) is 13.2 Å². The molecule has 6 nitrogen and oxygen atoms in total. The van der Waals surface area contributed by atoms with Crippen LogP contribution in [0.5, 0.6) is 5.75 Å². The fourth-order valence-corrected chi connectivity index (χ4v) is 3.90. The van der Waals surface area contributed by atoms with Crippen LogP contribution in [0.4, 0.5) is 11.4 Å². The zero-order chi connectivity index (χ0) is 18.9. The topological polar surface area (TPSA) is 75.7 Å². The molecule has 3 rings (SSSR count). The van der Waals surface area contributed by atoms with Crippen LogP contribution in [-0.4, -0.2) is 33.2 Å². The van der Waals surface area contributed by atoms with Crippen molar-refractivity contribution in [2.45, 2.75) is 12.5 Å². The smallest absolute Gasteiger partial charge is 0.265 e. The van der Waals surface area contributed by atoms with Gasteiger partial charge in [0.2, 0.25) is 10.0 Å². The maximum Gasteiger partial charge on any atom is 0.265 e. The van der Waals surface area contributed by atoms with E-state index in [1.54, 1.807) is 36.4 Å². The minimum atomic E-state index is -3.49. The van der Waals surface area contributed by atoms with E-state index in [2.05, 4.69) is 5.32 Å². The zero-order valence-corrected chi connectivity index (χ0v) is 16.1. The third kappa shape index (κ3) is 4.06. The van der Waals surface area contributed by atoms with Crippen LogP contribution in [0.25, 0.3) is 0 Å². The summed E-state index contributed by atoms with van der Waals surface area (Å²) in [6.07, 6.45) is 0.478. The van der Waals surface area contributed by atoms with Gasteiger partial charge in [-0.1, -0.05) is 35.3 Å². The molecule has 1 heterocycles. The number of para-hydroxylation sites is 2. The first-order valence-corrected chi connectivity index (χ1v) is 10.4. The van der Waals surface area contributed by atoms with Crippen molar-refractivity contribution in [1.82, 2.24) is 0 Å². The number of carbonyl (C=O) groups is 1. The highest BCUT2D eigenvalue weighted by Crippen LogP contribution is 2.34. The number of rotatable bonds is 3. The number of ether oxygens (including phenoxy) is 1. The summed E-state index contributed by atoms with van der Waals surface area (Å²) in [4.78, 5) is 12.6. The van der Waals surface area contributed by atoms with Crippen LogP contribution in [0.2, 0.25) is 10.0 Å². The third-order valence-electron chi connectivity index (χ3n) is 3.88. The van der Waals surface area contributed by atoms with Crippen molar-refractivity contribution >= 4 is 50.5 Å². The van der Waals surface area contributed by atoms with Crippen LogP contribution in [0.3, 0.4) is 0 Å². The van der Waals surface area contributed by atoms with E-state index in [1.807, 2.05) is 0 Å². The van der Waals surface area contributed by atoms with Gasteiger partial charge in [0.05, 0.1) is 22.0 Å². The van der Waals surface area contributed by atoms with Gasteiger partial charge in [0, 0.05) is 18.7 Å². The summed E-state index contributed by atoms with van der Waals surface area (Å²) >= 11 is 11.8. The number of hydrogen-bond acceptors (Lipinski definition) is 4. The van der Waals surface area contributed by atoms with E-state index >= 15 is 0 Å². The van der Waals surface area contributed by atoms with Gasteiger partial charge in [-0.2, -0.15) is 0 Å². The van der Waals surface area contributed by atoms with Crippen LogP contribution >= 0.6 is 23.2 Å². The van der Waals surface area contributed by atoms with Crippen molar-refractivity contribution in [1.29, 1.82) is 0 Å². The molecular weight excluding hydrogens is 399 g/mol. The van der Waals surface area contributed by atoms with Gasteiger partial charge >= 0.3 is 0 Å². The van der Waals surface area contributed by atoms with Crippen molar-refractivity contribution in [2.24, 2.45) is 0 Å². The zero-order valence-electron chi connectivity index (χ0n) is 13.8. The molecule has 0 aliphatic carbocycles. The summed E-state index contributed by atoms with van der Waals surface area (Å²) < 4.78 is 31.2. The normalized spacial score (nSPS) is 17.0. The van der Waals surface area contributed by atoms with Gasteiger partial charge in [-0.15, -0.1) is 0 Å². The molecule has 0 bridgehead atoms. The molecular formula is C17H16Cl2N2O4S. The lowest BCUT2D eigenvalue weighted by molar-refractivity contribution is -0.122. The average molecular weight is 415 g/mol. The summed E-state index contributed by atoms with van der Waals surface area (Å²) in [6, 6.07) is 11.5. The standard InChI is InChI=1S/C17H16Cl2N2O4S/c1-26(23,24)21-9-8-16(25-15-5-3-2-4-14(15)21)17(22)20-11-6-7-12(18)13(19)10-11/h2-7,10,16H,8-9H2,1H3,(H,20,22). The van der Waals surface area contributed by atoms with Crippen molar-refractivity contribution in [3.63, 3.8) is 0 Å². The summed E-state index contributed by atoms with van der Waals surface area (Å²) in [7, 11) is -3.49. The summed E-state index contributed by atoms with van der Waals surface area (Å²) in [6.45, 7) is 0.134. The van der Waals surface area contributed by atoms with E-state index in [-0.39, 0.29) is 13.0 Å². The summed E-state index contributed by atoms with van der Waals surface area (Å²) in [5.74, 6) is -0.0572. The lowest BCUT2D eigenvalue weighted by Crippen LogP contribution is -2.35. The molecule has 0 saturated heterocycles. The van der Waals surface area contributed by atoms with Gasteiger partial charge < -0.3 is 10.1 Å². The summed E-state index contributed by atoms with van der Waals surface area (Å²) in [5.41, 5.74) is 0.894. The number of nitrogens with zero attached hydrogens (tertiary/aromatic N) is 1. The van der Waals surface area contributed by atoms with E-state index in [0.717, 1.165) is 6.26 Å². The number of hydrogen-bond donors (Lipinski definition) is 1. The predicted octanol–water partition coefficient (Wildman–Crippen LogP) is 3.55. The molecule has 1 N–H and O–H groups in total. The van der Waals surface area contributed by atoms with Gasteiger partial charge in [-0.05, 0) is 30.3 Å². The number of sulfonamides is 1. The highest BCUT2D eigenvalue weighted by atomic mass is 35.5. The highest BCUT2D eigenvalue weighted by Gasteiger charge is 2.31. The second-order valence-electron chi connectivity index (χ2n) is 5.82. The van der Waals surface area contributed by atoms with Gasteiger partial charge in [0.1, 0.15) is 5.75 Å². The fourth-order valence-electron chi connectivity index (χ4n) is 2.66. The fraction of sp³-hybridized carbons (Fsp3) is 0.235.